The van der Waals surface area contributed by atoms with Gasteiger partial charge in [0.25, 0.3) is 0 Å². The number of carbonyl (C=O) groups is 1. The number of unbranched alkanes of at least 4 members (excludes halogenated alkanes) is 12. The number of amides is 1. The van der Waals surface area contributed by atoms with Crippen molar-refractivity contribution in [3.8, 4) is 5.75 Å². The molecule has 270 valence electrons. The van der Waals surface area contributed by atoms with Gasteiger partial charge < -0.3 is 36.0 Å². The molecule has 0 bridgehead atoms. The number of hydrogen-bond acceptors (Lipinski definition) is 9. The first kappa shape index (κ1) is 41.2. The van der Waals surface area contributed by atoms with E-state index in [1.54, 1.807) is 12.1 Å². The van der Waals surface area contributed by atoms with Crippen molar-refractivity contribution in [1.29, 1.82) is 0 Å². The Bertz CT molecular complexity index is 1300. The van der Waals surface area contributed by atoms with Crippen molar-refractivity contribution >= 4 is 19.3 Å². The number of nitrogen functional groups attached to an aromatic ring is 1. The van der Waals surface area contributed by atoms with Crippen molar-refractivity contribution in [2.45, 2.75) is 122 Å². The summed E-state index contributed by atoms with van der Waals surface area (Å²) >= 11 is 0. The molecule has 12 nitrogen and oxygen atoms in total. The fourth-order valence-electron chi connectivity index (χ4n) is 5.10. The van der Waals surface area contributed by atoms with Gasteiger partial charge in [0, 0.05) is 12.7 Å². The monoisotopic (exact) mass is 691 g/mol. The molecule has 2 aromatic rings. The van der Waals surface area contributed by atoms with Gasteiger partial charge in [0.2, 0.25) is 5.91 Å². The van der Waals surface area contributed by atoms with Crippen LogP contribution in [0.25, 0.3) is 0 Å². The lowest BCUT2D eigenvalue weighted by molar-refractivity contribution is -0.122. The Kier molecular flexibility index (Phi) is 20.7. The number of anilines is 1. The van der Waals surface area contributed by atoms with Gasteiger partial charge >= 0.3 is 13.3 Å². The average molecular weight is 692 g/mol. The first-order valence-corrected chi connectivity index (χ1v) is 19.2. The average Bonchev–Trinajstić information content (AvgIpc) is 3.06. The van der Waals surface area contributed by atoms with E-state index in [9.17, 15) is 24.2 Å². The Morgan fingerprint density at radius 1 is 0.979 bits per heavy atom. The highest BCUT2D eigenvalue weighted by Gasteiger charge is 2.24. The third-order valence-electron chi connectivity index (χ3n) is 7.92. The molecule has 1 unspecified atom stereocenters. The van der Waals surface area contributed by atoms with Crippen LogP contribution >= 0.6 is 7.60 Å². The van der Waals surface area contributed by atoms with E-state index in [0.717, 1.165) is 24.8 Å². The van der Waals surface area contributed by atoms with Crippen molar-refractivity contribution in [3.05, 3.63) is 64.7 Å². The number of benzene rings is 1. The normalized spacial score (nSPS) is 14.1. The minimum absolute atomic E-state index is 0.0570. The molecular formula is C35H58N5O7P. The first-order valence-electron chi connectivity index (χ1n) is 17.5. The number of hydrogen-bond donors (Lipinski definition) is 5. The third-order valence-corrected chi connectivity index (χ3v) is 8.90. The molecule has 0 spiro atoms. The van der Waals surface area contributed by atoms with Gasteiger partial charge in [-0.05, 0) is 62.3 Å². The van der Waals surface area contributed by atoms with Gasteiger partial charge in [0.05, 0.1) is 25.3 Å². The number of aromatic nitrogens is 2. The fourth-order valence-corrected chi connectivity index (χ4v) is 6.01. The summed E-state index contributed by atoms with van der Waals surface area (Å²) in [5.74, 6) is -0.0252. The summed E-state index contributed by atoms with van der Waals surface area (Å²) < 4.78 is 24.3. The lowest BCUT2D eigenvalue weighted by Crippen LogP contribution is -2.42. The van der Waals surface area contributed by atoms with Crippen molar-refractivity contribution in [2.24, 2.45) is 5.73 Å². The molecule has 2 rings (SSSR count). The van der Waals surface area contributed by atoms with Crippen molar-refractivity contribution < 1.29 is 28.6 Å². The minimum atomic E-state index is -4.25. The summed E-state index contributed by atoms with van der Waals surface area (Å²) in [7, 11) is -4.25. The molecule has 3 atom stereocenters. The van der Waals surface area contributed by atoms with E-state index >= 15 is 0 Å². The molecule has 0 aliphatic rings. The van der Waals surface area contributed by atoms with E-state index < -0.39 is 38.4 Å². The lowest BCUT2D eigenvalue weighted by atomic mass is 10.1. The number of rotatable bonds is 27. The van der Waals surface area contributed by atoms with Crippen LogP contribution in [0, 0.1) is 0 Å². The number of aliphatic hydroxyl groups excluding tert-OH is 1. The molecule has 1 amide bonds. The van der Waals surface area contributed by atoms with Gasteiger partial charge in [-0.25, -0.2) is 9.36 Å². The predicted octanol–water partition coefficient (Wildman–Crippen LogP) is 5.45. The Labute approximate surface area is 285 Å². The topological polar surface area (TPSA) is 192 Å². The summed E-state index contributed by atoms with van der Waals surface area (Å²) in [5, 5.41) is 12.5. The van der Waals surface area contributed by atoms with E-state index in [1.165, 1.54) is 99.6 Å². The van der Waals surface area contributed by atoms with E-state index in [2.05, 4.69) is 29.4 Å². The van der Waals surface area contributed by atoms with Gasteiger partial charge in [0.15, 0.2) is 6.35 Å². The SMILES string of the molecule is CCCCCCCC/C=C\CCCCCCCCNC(=O)[C@@H](N)Cc1ccc(OP(=O)(O)CO[C@H](CO)Cn2ccc(N)nc2=O)cc1. The zero-order chi connectivity index (χ0) is 35.0. The van der Waals surface area contributed by atoms with Crippen LogP contribution in [0.3, 0.4) is 0 Å². The molecule has 0 fully saturated rings. The lowest BCUT2D eigenvalue weighted by Gasteiger charge is -2.19. The largest absolute Gasteiger partial charge is 0.423 e. The summed E-state index contributed by atoms with van der Waals surface area (Å²) in [6, 6.07) is 7.07. The van der Waals surface area contributed by atoms with E-state index in [-0.39, 0.29) is 24.0 Å². The Morgan fingerprint density at radius 3 is 2.19 bits per heavy atom. The zero-order valence-electron chi connectivity index (χ0n) is 28.6. The molecule has 0 radical (unpaired) electrons. The van der Waals surface area contributed by atoms with E-state index in [0.29, 0.717) is 13.0 Å². The van der Waals surface area contributed by atoms with Crippen molar-refractivity contribution in [1.82, 2.24) is 14.9 Å². The van der Waals surface area contributed by atoms with Crippen LogP contribution in [0.2, 0.25) is 0 Å². The summed E-state index contributed by atoms with van der Waals surface area (Å²) in [5.41, 5.74) is 11.7. The molecule has 1 heterocycles. The smallest absolute Gasteiger partial charge is 0.402 e. The van der Waals surface area contributed by atoms with Crippen LogP contribution in [-0.2, 0) is 27.1 Å². The van der Waals surface area contributed by atoms with Crippen molar-refractivity contribution in [3.63, 3.8) is 0 Å². The van der Waals surface area contributed by atoms with Gasteiger partial charge in [-0.3, -0.25) is 9.36 Å². The van der Waals surface area contributed by atoms with E-state index in [1.807, 2.05) is 0 Å². The fraction of sp³-hybridized carbons (Fsp3) is 0.629. The molecule has 0 saturated carbocycles. The van der Waals surface area contributed by atoms with Gasteiger partial charge in [-0.2, -0.15) is 4.98 Å². The van der Waals surface area contributed by atoms with Crippen LogP contribution < -0.4 is 27.0 Å². The zero-order valence-corrected chi connectivity index (χ0v) is 29.5. The molecule has 0 saturated heterocycles. The maximum Gasteiger partial charge on any atom is 0.402 e. The number of ether oxygens (including phenoxy) is 1. The highest BCUT2D eigenvalue weighted by Crippen LogP contribution is 2.42. The molecule has 13 heteroatoms. The van der Waals surface area contributed by atoms with Crippen molar-refractivity contribution in [2.75, 3.05) is 25.2 Å². The summed E-state index contributed by atoms with van der Waals surface area (Å²) in [6.45, 7) is 2.25. The maximum absolute atomic E-state index is 12.6. The molecule has 0 aliphatic heterocycles. The number of carbonyl (C=O) groups excluding carboxylic acids is 1. The number of aliphatic hydroxyl groups is 1. The Balaban J connectivity index is 1.56. The summed E-state index contributed by atoms with van der Waals surface area (Å²) in [4.78, 5) is 38.2. The second-order valence-corrected chi connectivity index (χ2v) is 14.0. The van der Waals surface area contributed by atoms with E-state index in [4.69, 9.17) is 20.7 Å². The molecule has 1 aromatic heterocycles. The maximum atomic E-state index is 12.6. The Morgan fingerprint density at radius 2 is 1.58 bits per heavy atom. The number of allylic oxidation sites excluding steroid dienone is 2. The minimum Gasteiger partial charge on any atom is -0.423 e. The number of nitrogens with one attached hydrogen (secondary N) is 1. The highest BCUT2D eigenvalue weighted by atomic mass is 31.2. The van der Waals surface area contributed by atoms with Crippen LogP contribution in [0.1, 0.15) is 102 Å². The van der Waals surface area contributed by atoms with Gasteiger partial charge in [-0.1, -0.05) is 89.0 Å². The molecule has 1 aromatic carbocycles. The van der Waals surface area contributed by atoms with Gasteiger partial charge in [-0.15, -0.1) is 0 Å². The standard InChI is InChI=1S/C35H58N5O7P/c1-2-3-4-5-6-7-8-9-10-11-12-13-14-15-16-17-23-38-34(42)32(36)25-29-18-20-30(21-19-29)47-48(44,45)28-46-31(27-41)26-40-24-22-33(37)39-35(40)43/h9-10,18-22,24,31-32,41H,2-8,11-17,23,25-28,36H2,1H3,(H,38,42)(H,44,45)(H2,37,39,43)/b10-9-/t31-,32-/m0/s1. The van der Waals surface area contributed by atoms with Crippen LogP contribution in [-0.4, -0.2) is 57.1 Å². The first-order chi connectivity index (χ1) is 23.1. The third kappa shape index (κ3) is 18.5. The highest BCUT2D eigenvalue weighted by molar-refractivity contribution is 7.53. The number of nitrogens with two attached hydrogens (primary N) is 2. The second-order valence-electron chi connectivity index (χ2n) is 12.3. The molecule has 7 N–H and O–H groups in total. The number of nitrogens with zero attached hydrogens (tertiary/aromatic N) is 2. The summed E-state index contributed by atoms with van der Waals surface area (Å²) in [6.07, 6.45) is 22.0. The van der Waals surface area contributed by atoms with Crippen LogP contribution in [0.4, 0.5) is 5.82 Å². The molecule has 0 aliphatic carbocycles. The predicted molar refractivity (Wildman–Crippen MR) is 191 cm³/mol. The molecule has 48 heavy (non-hydrogen) atoms. The van der Waals surface area contributed by atoms with Crippen LogP contribution in [0.15, 0.2) is 53.5 Å². The Hall–Kier alpha value is -3.02. The second kappa shape index (κ2) is 24.2. The molecular weight excluding hydrogens is 633 g/mol. The van der Waals surface area contributed by atoms with Crippen LogP contribution in [0.5, 0.6) is 5.75 Å². The van der Waals surface area contributed by atoms with Gasteiger partial charge in [0.1, 0.15) is 11.6 Å². The quantitative estimate of drug-likeness (QED) is 0.0457.